The molecule has 74 heavy (non-hydrogen) atoms. The van der Waals surface area contributed by atoms with E-state index in [0.29, 0.717) is 23.9 Å². The number of hydrogen-bond donors (Lipinski definition) is 1. The minimum atomic E-state index is -4.38. The Hall–Kier alpha value is -1.51. The number of esters is 2. The van der Waals surface area contributed by atoms with Crippen LogP contribution in [0, 0.1) is 0 Å². The van der Waals surface area contributed by atoms with Crippen LogP contribution >= 0.6 is 7.82 Å². The maximum Gasteiger partial charge on any atom is 0.472 e. The number of carbonyl (C=O) groups excluding carboxylic acids is 2. The first kappa shape index (κ1) is 72.5. The first-order chi connectivity index (χ1) is 36.0. The van der Waals surface area contributed by atoms with Crippen molar-refractivity contribution in [2.24, 2.45) is 0 Å². The van der Waals surface area contributed by atoms with Gasteiger partial charge in [0.15, 0.2) is 6.10 Å². The van der Waals surface area contributed by atoms with Crippen molar-refractivity contribution in [1.82, 2.24) is 0 Å². The van der Waals surface area contributed by atoms with Gasteiger partial charge in [0, 0.05) is 12.8 Å². The molecule has 0 saturated heterocycles. The predicted octanol–water partition coefficient (Wildman–Crippen LogP) is 20.2. The van der Waals surface area contributed by atoms with E-state index in [9.17, 15) is 19.0 Å². The van der Waals surface area contributed by atoms with Crippen molar-refractivity contribution in [1.29, 1.82) is 0 Å². The monoisotopic (exact) mass is 1070 g/mol. The largest absolute Gasteiger partial charge is 0.472 e. The number of phosphoric ester groups is 1. The van der Waals surface area contributed by atoms with Crippen LogP contribution in [-0.2, 0) is 32.7 Å². The van der Waals surface area contributed by atoms with Gasteiger partial charge in [-0.25, -0.2) is 4.57 Å². The number of rotatable bonds is 60. The molecule has 0 bridgehead atoms. The summed E-state index contributed by atoms with van der Waals surface area (Å²) in [4.78, 5) is 35.7. The third-order valence-corrected chi connectivity index (χ3v) is 15.4. The summed E-state index contributed by atoms with van der Waals surface area (Å²) in [6, 6.07) is 0. The summed E-state index contributed by atoms with van der Waals surface area (Å²) < 4.78 is 34.6. The highest BCUT2D eigenvalue weighted by Gasteiger charge is 2.27. The Morgan fingerprint density at radius 3 is 1.00 bits per heavy atom. The van der Waals surface area contributed by atoms with Crippen LogP contribution in [-0.4, -0.2) is 74.9 Å². The lowest BCUT2D eigenvalue weighted by Crippen LogP contribution is -2.37. The molecule has 438 valence electrons. The molecule has 0 amide bonds. The number of quaternary nitrogens is 1. The smallest absolute Gasteiger partial charge is 0.462 e. The van der Waals surface area contributed by atoms with Gasteiger partial charge in [0.25, 0.3) is 0 Å². The summed E-state index contributed by atoms with van der Waals surface area (Å²) in [5.74, 6) is -0.782. The number of likely N-dealkylation sites (N-methyl/N-ethyl adjacent to an activating group) is 1. The normalized spacial score (nSPS) is 13.3. The first-order valence-electron chi connectivity index (χ1n) is 32.1. The lowest BCUT2D eigenvalue weighted by atomic mass is 10.0. The second-order valence-electron chi connectivity index (χ2n) is 23.1. The van der Waals surface area contributed by atoms with E-state index in [4.69, 9.17) is 18.5 Å². The van der Waals surface area contributed by atoms with E-state index in [1.54, 1.807) is 0 Å². The van der Waals surface area contributed by atoms with Crippen LogP contribution in [0.5, 0.6) is 0 Å². The average molecular weight is 1070 g/mol. The van der Waals surface area contributed by atoms with Gasteiger partial charge >= 0.3 is 19.8 Å². The van der Waals surface area contributed by atoms with Gasteiger partial charge in [-0.05, 0) is 64.2 Å². The molecule has 1 N–H and O–H groups in total. The number of phosphoric acid groups is 1. The maximum atomic E-state index is 12.8. The Morgan fingerprint density at radius 1 is 0.405 bits per heavy atom. The quantitative estimate of drug-likeness (QED) is 0.0211. The molecule has 0 aliphatic carbocycles. The van der Waals surface area contributed by atoms with Gasteiger partial charge in [0.1, 0.15) is 19.8 Å². The number of ether oxygens (including phenoxy) is 2. The van der Waals surface area contributed by atoms with E-state index in [1.165, 1.54) is 257 Å². The molecule has 0 aliphatic heterocycles. The van der Waals surface area contributed by atoms with Crippen molar-refractivity contribution in [3.8, 4) is 0 Å². The number of unbranched alkanes of at least 4 members (excludes halogenated alkanes) is 42. The number of carbonyl (C=O) groups is 2. The topological polar surface area (TPSA) is 108 Å². The van der Waals surface area contributed by atoms with Crippen LogP contribution in [0.1, 0.15) is 322 Å². The summed E-state index contributed by atoms with van der Waals surface area (Å²) in [5, 5.41) is 0. The molecule has 0 radical (unpaired) electrons. The standard InChI is InChI=1S/C64H124NO8P/c1-6-8-10-12-14-16-18-20-22-24-26-27-28-29-30-31-32-33-34-35-36-37-39-41-43-45-47-49-51-53-55-57-64(67)73-62(61-72-74(68,69)71-59-58-65(3,4)5)60-70-63(66)56-54-52-50-48-46-44-42-40-38-25-23-21-19-17-15-13-11-9-7-2/h21,23-24,26,62H,6-20,22,25,27-61H2,1-5H3/p+1/b23-21-,26-24-. The second kappa shape index (κ2) is 56.2. The summed E-state index contributed by atoms with van der Waals surface area (Å²) in [7, 11) is 1.49. The first-order valence-corrected chi connectivity index (χ1v) is 33.6. The van der Waals surface area contributed by atoms with E-state index in [1.807, 2.05) is 21.1 Å². The van der Waals surface area contributed by atoms with Gasteiger partial charge in [-0.15, -0.1) is 0 Å². The number of nitrogens with zero attached hydrogens (tertiary/aromatic N) is 1. The Bertz CT molecular complexity index is 1300. The molecule has 0 saturated carbocycles. The fourth-order valence-electron chi connectivity index (χ4n) is 9.48. The fourth-order valence-corrected chi connectivity index (χ4v) is 10.2. The summed E-state index contributed by atoms with van der Waals surface area (Å²) in [6.45, 7) is 4.48. The number of allylic oxidation sites excluding steroid dienone is 4. The minimum Gasteiger partial charge on any atom is -0.462 e. The lowest BCUT2D eigenvalue weighted by molar-refractivity contribution is -0.870. The molecular weight excluding hydrogens is 942 g/mol. The van der Waals surface area contributed by atoms with Crippen LogP contribution in [0.2, 0.25) is 0 Å². The zero-order valence-corrected chi connectivity index (χ0v) is 50.8. The maximum absolute atomic E-state index is 12.8. The highest BCUT2D eigenvalue weighted by molar-refractivity contribution is 7.47. The van der Waals surface area contributed by atoms with Crippen molar-refractivity contribution >= 4 is 19.8 Å². The van der Waals surface area contributed by atoms with Crippen LogP contribution < -0.4 is 0 Å². The predicted molar refractivity (Wildman–Crippen MR) is 317 cm³/mol. The molecule has 0 rings (SSSR count). The molecule has 0 heterocycles. The Balaban J connectivity index is 4.02. The molecule has 2 unspecified atom stereocenters. The molecule has 2 atom stereocenters. The lowest BCUT2D eigenvalue weighted by Gasteiger charge is -2.24. The molecule has 10 heteroatoms. The second-order valence-corrected chi connectivity index (χ2v) is 24.6. The van der Waals surface area contributed by atoms with Gasteiger partial charge in [-0.2, -0.15) is 0 Å². The summed E-state index contributed by atoms with van der Waals surface area (Å²) in [5.41, 5.74) is 0. The Kier molecular flexibility index (Phi) is 55.1. The van der Waals surface area contributed by atoms with E-state index in [-0.39, 0.29) is 25.6 Å². The van der Waals surface area contributed by atoms with Crippen molar-refractivity contribution in [2.75, 3.05) is 47.5 Å². The van der Waals surface area contributed by atoms with Crippen LogP contribution in [0.3, 0.4) is 0 Å². The highest BCUT2D eigenvalue weighted by atomic mass is 31.2. The van der Waals surface area contributed by atoms with E-state index in [2.05, 4.69) is 38.2 Å². The SMILES string of the molecule is CCCCCCCC/C=C\CCCCCCCCCCCC(=O)OCC(COP(=O)(O)OCC[N+](C)(C)C)OC(=O)CCCCCCCCCCCCCCCCCCCCC/C=C\CCCCCCCCCC. The number of hydrogen-bond acceptors (Lipinski definition) is 7. The molecule has 0 fully saturated rings. The van der Waals surface area contributed by atoms with Crippen molar-refractivity contribution in [2.45, 2.75) is 328 Å². The zero-order valence-electron chi connectivity index (χ0n) is 49.9. The average Bonchev–Trinajstić information content (AvgIpc) is 3.36. The Morgan fingerprint density at radius 2 is 0.689 bits per heavy atom. The van der Waals surface area contributed by atoms with Crippen LogP contribution in [0.15, 0.2) is 24.3 Å². The summed E-state index contributed by atoms with van der Waals surface area (Å²) in [6.07, 6.45) is 68.4. The van der Waals surface area contributed by atoms with Crippen molar-refractivity contribution in [3.63, 3.8) is 0 Å². The summed E-state index contributed by atoms with van der Waals surface area (Å²) >= 11 is 0. The third-order valence-electron chi connectivity index (χ3n) is 14.5. The molecule has 0 aliphatic rings. The molecule has 0 spiro atoms. The van der Waals surface area contributed by atoms with Gasteiger partial charge in [-0.3, -0.25) is 18.6 Å². The fraction of sp³-hybridized carbons (Fsp3) is 0.906. The minimum absolute atomic E-state index is 0.0343. The van der Waals surface area contributed by atoms with Gasteiger partial charge in [0.2, 0.25) is 0 Å². The molecule has 9 nitrogen and oxygen atoms in total. The van der Waals surface area contributed by atoms with Crippen LogP contribution in [0.25, 0.3) is 0 Å². The van der Waals surface area contributed by atoms with E-state index < -0.39 is 26.5 Å². The molecule has 0 aromatic carbocycles. The van der Waals surface area contributed by atoms with Crippen molar-refractivity contribution < 1.29 is 42.1 Å². The third kappa shape index (κ3) is 59.7. The van der Waals surface area contributed by atoms with Gasteiger partial charge in [-0.1, -0.05) is 269 Å². The van der Waals surface area contributed by atoms with E-state index >= 15 is 0 Å². The molecular formula is C64H125NO8P+. The van der Waals surface area contributed by atoms with Crippen LogP contribution in [0.4, 0.5) is 0 Å². The Labute approximate surface area is 459 Å². The molecule has 0 aromatic heterocycles. The zero-order chi connectivity index (χ0) is 54.2. The van der Waals surface area contributed by atoms with E-state index in [0.717, 1.165) is 32.1 Å². The van der Waals surface area contributed by atoms with Gasteiger partial charge in [0.05, 0.1) is 27.7 Å². The van der Waals surface area contributed by atoms with Crippen molar-refractivity contribution in [3.05, 3.63) is 24.3 Å². The highest BCUT2D eigenvalue weighted by Crippen LogP contribution is 2.43. The van der Waals surface area contributed by atoms with Gasteiger partial charge < -0.3 is 18.9 Å². The molecule has 0 aromatic rings.